The summed E-state index contributed by atoms with van der Waals surface area (Å²) in [6.07, 6.45) is 0. The van der Waals surface area contributed by atoms with Crippen molar-refractivity contribution in [3.63, 3.8) is 0 Å². The second-order valence-electron chi connectivity index (χ2n) is 3.41. The molecule has 8 heteroatoms. The Labute approximate surface area is 99.3 Å². The van der Waals surface area contributed by atoms with Gasteiger partial charge >= 0.3 is 0 Å². The number of hydrogen-bond donors (Lipinski definition) is 2. The summed E-state index contributed by atoms with van der Waals surface area (Å²) in [6.45, 7) is 0. The average Bonchev–Trinajstić information content (AvgIpc) is 2.79. The SMILES string of the molecule is Oc1nc2nonc2nc1Nc1ccccc1F. The van der Waals surface area contributed by atoms with E-state index < -0.39 is 11.7 Å². The van der Waals surface area contributed by atoms with Crippen LogP contribution >= 0.6 is 0 Å². The minimum absolute atomic E-state index is 0.0247. The summed E-state index contributed by atoms with van der Waals surface area (Å²) in [5.41, 5.74) is 0.358. The molecule has 3 aromatic rings. The van der Waals surface area contributed by atoms with Gasteiger partial charge in [0.2, 0.25) is 11.3 Å². The van der Waals surface area contributed by atoms with E-state index in [2.05, 4.69) is 30.2 Å². The Bertz CT molecular complexity index is 714. The number of fused-ring (bicyclic) bond motifs is 1. The number of nitrogens with one attached hydrogen (secondary N) is 1. The molecule has 0 unspecified atom stereocenters. The lowest BCUT2D eigenvalue weighted by Crippen LogP contribution is -1.98. The molecule has 0 aliphatic heterocycles. The van der Waals surface area contributed by atoms with Crippen molar-refractivity contribution in [3.8, 4) is 5.88 Å². The zero-order valence-electron chi connectivity index (χ0n) is 8.83. The van der Waals surface area contributed by atoms with E-state index >= 15 is 0 Å². The molecule has 2 heterocycles. The Morgan fingerprint density at radius 2 is 1.83 bits per heavy atom. The first-order valence-corrected chi connectivity index (χ1v) is 4.95. The number of anilines is 2. The predicted octanol–water partition coefficient (Wildman–Crippen LogP) is 1.60. The van der Waals surface area contributed by atoms with Gasteiger partial charge in [0.15, 0.2) is 5.82 Å². The molecule has 0 fully saturated rings. The first kappa shape index (κ1) is 10.4. The summed E-state index contributed by atoms with van der Waals surface area (Å²) in [5.74, 6) is -0.915. The zero-order chi connectivity index (χ0) is 12.5. The van der Waals surface area contributed by atoms with Gasteiger partial charge in [0, 0.05) is 0 Å². The number of hydrogen-bond acceptors (Lipinski definition) is 7. The molecule has 0 aliphatic carbocycles. The lowest BCUT2D eigenvalue weighted by atomic mass is 10.3. The maximum absolute atomic E-state index is 13.4. The van der Waals surface area contributed by atoms with Crippen LogP contribution in [0.15, 0.2) is 28.9 Å². The maximum atomic E-state index is 13.4. The minimum Gasteiger partial charge on any atom is -0.491 e. The van der Waals surface area contributed by atoms with E-state index in [-0.39, 0.29) is 22.8 Å². The number of aromatic hydroxyl groups is 1. The molecule has 0 amide bonds. The largest absolute Gasteiger partial charge is 0.491 e. The van der Waals surface area contributed by atoms with Crippen LogP contribution in [0.5, 0.6) is 5.88 Å². The van der Waals surface area contributed by atoms with E-state index in [4.69, 9.17) is 0 Å². The fourth-order valence-corrected chi connectivity index (χ4v) is 1.40. The Kier molecular flexibility index (Phi) is 2.26. The smallest absolute Gasteiger partial charge is 0.257 e. The summed E-state index contributed by atoms with van der Waals surface area (Å²) in [5, 5.41) is 19.1. The highest BCUT2D eigenvalue weighted by molar-refractivity contribution is 5.70. The fraction of sp³-hybridized carbons (Fsp3) is 0. The van der Waals surface area contributed by atoms with E-state index in [1.807, 2.05) is 0 Å². The fourth-order valence-electron chi connectivity index (χ4n) is 1.40. The second-order valence-corrected chi connectivity index (χ2v) is 3.41. The molecule has 2 N–H and O–H groups in total. The highest BCUT2D eigenvalue weighted by atomic mass is 19.1. The standard InChI is InChI=1S/C10H6FN5O2/c11-5-3-1-2-4-6(5)12-9-10(17)14-8-7(13-9)15-18-16-8/h1-4H,(H,12,13,15)(H,14,16,17). The number of rotatable bonds is 2. The van der Waals surface area contributed by atoms with Crippen molar-refractivity contribution in [1.29, 1.82) is 0 Å². The van der Waals surface area contributed by atoms with Crippen molar-refractivity contribution in [2.24, 2.45) is 0 Å². The highest BCUT2D eigenvalue weighted by Gasteiger charge is 2.12. The van der Waals surface area contributed by atoms with Gasteiger partial charge in [-0.1, -0.05) is 12.1 Å². The van der Waals surface area contributed by atoms with E-state index in [0.29, 0.717) is 0 Å². The molecule has 0 saturated heterocycles. The van der Waals surface area contributed by atoms with Gasteiger partial charge in [-0.2, -0.15) is 9.97 Å². The topological polar surface area (TPSA) is 97.0 Å². The number of aromatic nitrogens is 4. The van der Waals surface area contributed by atoms with Crippen LogP contribution in [-0.2, 0) is 0 Å². The van der Waals surface area contributed by atoms with Gasteiger partial charge in [-0.05, 0) is 22.4 Å². The maximum Gasteiger partial charge on any atom is 0.257 e. The Morgan fingerprint density at radius 3 is 2.61 bits per heavy atom. The quantitative estimate of drug-likeness (QED) is 0.709. The van der Waals surface area contributed by atoms with Crippen LogP contribution in [-0.4, -0.2) is 25.4 Å². The van der Waals surface area contributed by atoms with Crippen molar-refractivity contribution in [1.82, 2.24) is 20.3 Å². The highest BCUT2D eigenvalue weighted by Crippen LogP contribution is 2.25. The number of nitrogens with zero attached hydrogens (tertiary/aromatic N) is 4. The molecule has 0 atom stereocenters. The molecular formula is C10H6FN5O2. The third kappa shape index (κ3) is 1.69. The van der Waals surface area contributed by atoms with Gasteiger partial charge < -0.3 is 10.4 Å². The van der Waals surface area contributed by atoms with Crippen molar-refractivity contribution in [2.75, 3.05) is 5.32 Å². The minimum atomic E-state index is -0.475. The molecule has 90 valence electrons. The van der Waals surface area contributed by atoms with Gasteiger partial charge in [-0.3, -0.25) is 0 Å². The molecule has 0 bridgehead atoms. The molecular weight excluding hydrogens is 241 g/mol. The third-order valence-corrected chi connectivity index (χ3v) is 2.22. The van der Waals surface area contributed by atoms with E-state index in [1.54, 1.807) is 12.1 Å². The summed E-state index contributed by atoms with van der Waals surface area (Å²) in [6, 6.07) is 5.98. The normalized spacial score (nSPS) is 10.7. The van der Waals surface area contributed by atoms with E-state index in [9.17, 15) is 9.50 Å². The molecule has 0 saturated carbocycles. The lowest BCUT2D eigenvalue weighted by molar-refractivity contribution is 0.314. The first-order chi connectivity index (χ1) is 8.74. The number of halogens is 1. The Balaban J connectivity index is 2.04. The van der Waals surface area contributed by atoms with Gasteiger partial charge in [0.05, 0.1) is 5.69 Å². The zero-order valence-corrected chi connectivity index (χ0v) is 8.83. The predicted molar refractivity (Wildman–Crippen MR) is 58.7 cm³/mol. The van der Waals surface area contributed by atoms with Crippen LogP contribution in [0.3, 0.4) is 0 Å². The summed E-state index contributed by atoms with van der Waals surface area (Å²) < 4.78 is 17.8. The molecule has 0 radical (unpaired) electrons. The van der Waals surface area contributed by atoms with Crippen molar-refractivity contribution >= 4 is 22.8 Å². The van der Waals surface area contributed by atoms with Crippen molar-refractivity contribution < 1.29 is 14.1 Å². The molecule has 7 nitrogen and oxygen atoms in total. The van der Waals surface area contributed by atoms with Crippen molar-refractivity contribution in [2.45, 2.75) is 0 Å². The van der Waals surface area contributed by atoms with Crippen molar-refractivity contribution in [3.05, 3.63) is 30.1 Å². The van der Waals surface area contributed by atoms with Crippen LogP contribution in [0.25, 0.3) is 11.3 Å². The first-order valence-electron chi connectivity index (χ1n) is 4.95. The molecule has 0 aliphatic rings. The van der Waals surface area contributed by atoms with Crippen LogP contribution in [0, 0.1) is 5.82 Å². The van der Waals surface area contributed by atoms with E-state index in [1.165, 1.54) is 12.1 Å². The molecule has 2 aromatic heterocycles. The molecule has 3 rings (SSSR count). The molecule has 1 aromatic carbocycles. The van der Waals surface area contributed by atoms with Gasteiger partial charge in [-0.25, -0.2) is 9.02 Å². The Morgan fingerprint density at radius 1 is 1.11 bits per heavy atom. The van der Waals surface area contributed by atoms with Crippen LogP contribution in [0.1, 0.15) is 0 Å². The number of para-hydroxylation sites is 1. The Hall–Kier alpha value is -2.77. The molecule has 0 spiro atoms. The summed E-state index contributed by atoms with van der Waals surface area (Å²) >= 11 is 0. The van der Waals surface area contributed by atoms with Gasteiger partial charge in [0.1, 0.15) is 5.82 Å². The monoisotopic (exact) mass is 247 g/mol. The van der Waals surface area contributed by atoms with Gasteiger partial charge in [-0.15, -0.1) is 0 Å². The third-order valence-electron chi connectivity index (χ3n) is 2.22. The lowest BCUT2D eigenvalue weighted by Gasteiger charge is -2.06. The van der Waals surface area contributed by atoms with Crippen LogP contribution in [0.4, 0.5) is 15.9 Å². The van der Waals surface area contributed by atoms with Crippen LogP contribution in [0.2, 0.25) is 0 Å². The van der Waals surface area contributed by atoms with Crippen LogP contribution < -0.4 is 5.32 Å². The summed E-state index contributed by atoms with van der Waals surface area (Å²) in [4.78, 5) is 7.62. The number of benzene rings is 1. The van der Waals surface area contributed by atoms with Gasteiger partial charge in [0.25, 0.3) is 5.88 Å². The molecule has 18 heavy (non-hydrogen) atoms. The average molecular weight is 247 g/mol. The van der Waals surface area contributed by atoms with E-state index in [0.717, 1.165) is 0 Å². The second kappa shape index (κ2) is 3.91. The summed E-state index contributed by atoms with van der Waals surface area (Å²) in [7, 11) is 0.